The Balaban J connectivity index is 2.60. The summed E-state index contributed by atoms with van der Waals surface area (Å²) in [6.07, 6.45) is 5.25. The first-order valence-corrected chi connectivity index (χ1v) is 10.9. The molecule has 146 valence electrons. The molecule has 0 aliphatic rings. The molecule has 1 atom stereocenters. The summed E-state index contributed by atoms with van der Waals surface area (Å²) in [6, 6.07) is 3.77. The molecule has 0 saturated heterocycles. The van der Waals surface area contributed by atoms with Crippen LogP contribution in [-0.2, 0) is 19.4 Å². The van der Waals surface area contributed by atoms with Crippen LogP contribution in [0.2, 0.25) is 5.02 Å². The standard InChI is InChI=1S/C18H26ClNO5S/c1-4-6-7-13(5-2)11-20-17(21)12-25-18(22)15-10-14(26(3,23)24)8-9-16(15)19/h8-10,13H,4-7,11-12H2,1-3H3,(H,20,21)/t13-/m0/s1. The van der Waals surface area contributed by atoms with E-state index in [9.17, 15) is 18.0 Å². The van der Waals surface area contributed by atoms with Gasteiger partial charge in [0.2, 0.25) is 0 Å². The molecular weight excluding hydrogens is 378 g/mol. The molecule has 0 heterocycles. The minimum atomic E-state index is -3.48. The number of carbonyl (C=O) groups is 2. The van der Waals surface area contributed by atoms with Crippen LogP contribution in [-0.4, -0.2) is 39.7 Å². The lowest BCUT2D eigenvalue weighted by atomic mass is 9.99. The van der Waals surface area contributed by atoms with Crippen LogP contribution in [0.1, 0.15) is 49.9 Å². The summed E-state index contributed by atoms with van der Waals surface area (Å²) in [5.74, 6) is -0.840. The minimum absolute atomic E-state index is 0.0417. The maximum Gasteiger partial charge on any atom is 0.340 e. The lowest BCUT2D eigenvalue weighted by Gasteiger charge is -2.15. The van der Waals surface area contributed by atoms with Crippen molar-refractivity contribution in [3.05, 3.63) is 28.8 Å². The summed E-state index contributed by atoms with van der Waals surface area (Å²) in [5, 5.41) is 2.82. The fourth-order valence-corrected chi connectivity index (χ4v) is 3.19. The lowest BCUT2D eigenvalue weighted by molar-refractivity contribution is -0.124. The summed E-state index contributed by atoms with van der Waals surface area (Å²) >= 11 is 5.93. The second-order valence-corrected chi connectivity index (χ2v) is 8.63. The molecule has 0 aliphatic heterocycles. The number of esters is 1. The fourth-order valence-electron chi connectivity index (χ4n) is 2.35. The van der Waals surface area contributed by atoms with E-state index in [-0.39, 0.29) is 15.5 Å². The number of unbranched alkanes of at least 4 members (excludes halogenated alkanes) is 1. The molecule has 1 aromatic carbocycles. The molecule has 0 unspecified atom stereocenters. The number of benzene rings is 1. The molecule has 1 aromatic rings. The normalized spacial score (nSPS) is 12.5. The first-order chi connectivity index (χ1) is 12.2. The van der Waals surface area contributed by atoms with Crippen LogP contribution >= 0.6 is 11.6 Å². The van der Waals surface area contributed by atoms with Crippen LogP contribution in [0.25, 0.3) is 0 Å². The van der Waals surface area contributed by atoms with E-state index in [0.29, 0.717) is 12.5 Å². The maximum absolute atomic E-state index is 12.1. The molecule has 1 rings (SSSR count). The predicted molar refractivity (Wildman–Crippen MR) is 101 cm³/mol. The average Bonchev–Trinajstić information content (AvgIpc) is 2.59. The number of nitrogens with one attached hydrogen (secondary N) is 1. The zero-order valence-corrected chi connectivity index (χ0v) is 17.0. The number of carbonyl (C=O) groups excluding carboxylic acids is 2. The zero-order chi connectivity index (χ0) is 19.7. The number of hydrogen-bond donors (Lipinski definition) is 1. The summed E-state index contributed by atoms with van der Waals surface area (Å²) < 4.78 is 28.1. The van der Waals surface area contributed by atoms with Crippen LogP contribution in [0.3, 0.4) is 0 Å². The van der Waals surface area contributed by atoms with Crippen molar-refractivity contribution in [1.29, 1.82) is 0 Å². The number of hydrogen-bond acceptors (Lipinski definition) is 5. The Morgan fingerprint density at radius 2 is 1.96 bits per heavy atom. The smallest absolute Gasteiger partial charge is 0.340 e. The van der Waals surface area contributed by atoms with Gasteiger partial charge < -0.3 is 10.1 Å². The third-order valence-corrected chi connectivity index (χ3v) is 5.49. The van der Waals surface area contributed by atoms with E-state index in [1.165, 1.54) is 12.1 Å². The fraction of sp³-hybridized carbons (Fsp3) is 0.556. The van der Waals surface area contributed by atoms with Crippen LogP contribution < -0.4 is 5.32 Å². The molecule has 8 heteroatoms. The Morgan fingerprint density at radius 3 is 2.54 bits per heavy atom. The van der Waals surface area contributed by atoms with E-state index < -0.39 is 28.3 Å². The molecule has 6 nitrogen and oxygen atoms in total. The topological polar surface area (TPSA) is 89.5 Å². The highest BCUT2D eigenvalue weighted by Crippen LogP contribution is 2.21. The number of sulfone groups is 1. The van der Waals surface area contributed by atoms with E-state index in [1.807, 2.05) is 0 Å². The van der Waals surface area contributed by atoms with Gasteiger partial charge in [0.25, 0.3) is 5.91 Å². The van der Waals surface area contributed by atoms with E-state index in [2.05, 4.69) is 19.2 Å². The quantitative estimate of drug-likeness (QED) is 0.606. The summed E-state index contributed by atoms with van der Waals surface area (Å²) in [7, 11) is -3.48. The Kier molecular flexibility index (Phi) is 9.08. The van der Waals surface area contributed by atoms with Crippen LogP contribution in [0.15, 0.2) is 23.1 Å². The molecular formula is C18H26ClNO5S. The number of rotatable bonds is 10. The highest BCUT2D eigenvalue weighted by atomic mass is 35.5. The van der Waals surface area contributed by atoms with Gasteiger partial charge in [0.15, 0.2) is 16.4 Å². The number of amides is 1. The molecule has 0 spiro atoms. The Morgan fingerprint density at radius 1 is 1.27 bits per heavy atom. The zero-order valence-electron chi connectivity index (χ0n) is 15.4. The molecule has 0 bridgehead atoms. The SMILES string of the molecule is CCCC[C@H](CC)CNC(=O)COC(=O)c1cc(S(C)(=O)=O)ccc1Cl. The molecule has 1 amide bonds. The van der Waals surface area contributed by atoms with Crippen molar-refractivity contribution in [3.8, 4) is 0 Å². The van der Waals surface area contributed by atoms with E-state index in [4.69, 9.17) is 16.3 Å². The molecule has 0 saturated carbocycles. The average molecular weight is 404 g/mol. The first kappa shape index (κ1) is 22.4. The molecule has 0 aromatic heterocycles. The summed E-state index contributed by atoms with van der Waals surface area (Å²) in [6.45, 7) is 4.29. The summed E-state index contributed by atoms with van der Waals surface area (Å²) in [5.41, 5.74) is -0.0863. The number of ether oxygens (including phenoxy) is 1. The predicted octanol–water partition coefficient (Wildman–Crippen LogP) is 3.23. The second-order valence-electron chi connectivity index (χ2n) is 6.21. The first-order valence-electron chi connectivity index (χ1n) is 8.62. The van der Waals surface area contributed by atoms with Gasteiger partial charge in [-0.25, -0.2) is 13.2 Å². The van der Waals surface area contributed by atoms with Crippen LogP contribution in [0, 0.1) is 5.92 Å². The van der Waals surface area contributed by atoms with Crippen molar-refractivity contribution >= 4 is 33.3 Å². The van der Waals surface area contributed by atoms with Crippen molar-refractivity contribution < 1.29 is 22.7 Å². The van der Waals surface area contributed by atoms with Crippen molar-refractivity contribution in [1.82, 2.24) is 5.32 Å². The highest BCUT2D eigenvalue weighted by Gasteiger charge is 2.18. The Bertz CT molecular complexity index is 733. The Labute approximate surface area is 160 Å². The summed E-state index contributed by atoms with van der Waals surface area (Å²) in [4.78, 5) is 23.9. The van der Waals surface area contributed by atoms with Crippen molar-refractivity contribution in [3.63, 3.8) is 0 Å². The minimum Gasteiger partial charge on any atom is -0.452 e. The van der Waals surface area contributed by atoms with Gasteiger partial charge >= 0.3 is 5.97 Å². The third-order valence-electron chi connectivity index (χ3n) is 4.05. The Hall–Kier alpha value is -1.60. The van der Waals surface area contributed by atoms with Gasteiger partial charge in [-0.3, -0.25) is 4.79 Å². The molecule has 1 N–H and O–H groups in total. The molecule has 0 radical (unpaired) electrons. The van der Waals surface area contributed by atoms with Gasteiger partial charge in [0.1, 0.15) is 0 Å². The van der Waals surface area contributed by atoms with Crippen molar-refractivity contribution in [2.45, 2.75) is 44.4 Å². The lowest BCUT2D eigenvalue weighted by Crippen LogP contribution is -2.33. The largest absolute Gasteiger partial charge is 0.452 e. The van der Waals surface area contributed by atoms with Crippen molar-refractivity contribution in [2.75, 3.05) is 19.4 Å². The van der Waals surface area contributed by atoms with E-state index in [1.54, 1.807) is 0 Å². The van der Waals surface area contributed by atoms with E-state index >= 15 is 0 Å². The maximum atomic E-state index is 12.1. The van der Waals surface area contributed by atoms with Gasteiger partial charge in [0.05, 0.1) is 15.5 Å². The second kappa shape index (κ2) is 10.5. The highest BCUT2D eigenvalue weighted by molar-refractivity contribution is 7.90. The van der Waals surface area contributed by atoms with Crippen LogP contribution in [0.5, 0.6) is 0 Å². The van der Waals surface area contributed by atoms with Gasteiger partial charge in [-0.05, 0) is 30.5 Å². The van der Waals surface area contributed by atoms with Gasteiger partial charge in [-0.15, -0.1) is 0 Å². The van der Waals surface area contributed by atoms with Gasteiger partial charge in [-0.2, -0.15) is 0 Å². The van der Waals surface area contributed by atoms with Gasteiger partial charge in [0, 0.05) is 12.8 Å². The molecule has 0 aliphatic carbocycles. The monoisotopic (exact) mass is 403 g/mol. The van der Waals surface area contributed by atoms with E-state index in [0.717, 1.165) is 38.0 Å². The van der Waals surface area contributed by atoms with Gasteiger partial charge in [-0.1, -0.05) is 44.7 Å². The third kappa shape index (κ3) is 7.33. The van der Waals surface area contributed by atoms with Crippen molar-refractivity contribution in [2.24, 2.45) is 5.92 Å². The molecule has 26 heavy (non-hydrogen) atoms. The van der Waals surface area contributed by atoms with Crippen LogP contribution in [0.4, 0.5) is 0 Å². The molecule has 0 fully saturated rings. The number of halogens is 1.